The van der Waals surface area contributed by atoms with Crippen molar-refractivity contribution in [3.63, 3.8) is 0 Å². The van der Waals surface area contributed by atoms with Crippen LogP contribution in [-0.2, 0) is 19.1 Å². The molecule has 0 saturated carbocycles. The van der Waals surface area contributed by atoms with Crippen molar-refractivity contribution in [2.24, 2.45) is 5.92 Å². The lowest BCUT2D eigenvalue weighted by atomic mass is 9.97. The molecule has 1 unspecified atom stereocenters. The fourth-order valence-corrected chi connectivity index (χ4v) is 2.59. The zero-order chi connectivity index (χ0) is 18.3. The van der Waals surface area contributed by atoms with E-state index >= 15 is 0 Å². The van der Waals surface area contributed by atoms with Crippen LogP contribution in [0.4, 0.5) is 4.79 Å². The summed E-state index contributed by atoms with van der Waals surface area (Å²) in [6.07, 6.45) is 1.30. The third-order valence-electron chi connectivity index (χ3n) is 3.76. The van der Waals surface area contributed by atoms with E-state index < -0.39 is 5.60 Å². The maximum absolute atomic E-state index is 12.5. The monoisotopic (exact) mass is 342 g/mol. The second-order valence-electron chi connectivity index (χ2n) is 7.08. The van der Waals surface area contributed by atoms with Gasteiger partial charge in [0.15, 0.2) is 0 Å². The molecule has 7 nitrogen and oxygen atoms in total. The van der Waals surface area contributed by atoms with Crippen molar-refractivity contribution in [3.8, 4) is 0 Å². The predicted molar refractivity (Wildman–Crippen MR) is 89.4 cm³/mol. The minimum absolute atomic E-state index is 0.0486. The summed E-state index contributed by atoms with van der Waals surface area (Å²) in [6, 6.07) is 0. The molecule has 1 saturated heterocycles. The molecule has 0 spiro atoms. The van der Waals surface area contributed by atoms with Gasteiger partial charge in [0, 0.05) is 26.7 Å². The largest absolute Gasteiger partial charge is 0.466 e. The maximum Gasteiger partial charge on any atom is 0.410 e. The molecule has 7 heteroatoms. The summed E-state index contributed by atoms with van der Waals surface area (Å²) in [4.78, 5) is 39.2. The Kier molecular flexibility index (Phi) is 7.51. The first kappa shape index (κ1) is 20.3. The third kappa shape index (κ3) is 6.76. The van der Waals surface area contributed by atoms with Gasteiger partial charge < -0.3 is 19.3 Å². The number of amides is 2. The van der Waals surface area contributed by atoms with Crippen molar-refractivity contribution in [2.75, 3.05) is 33.3 Å². The molecule has 0 aromatic carbocycles. The molecule has 24 heavy (non-hydrogen) atoms. The smallest absolute Gasteiger partial charge is 0.410 e. The molecule has 1 rings (SSSR count). The third-order valence-corrected chi connectivity index (χ3v) is 3.76. The Labute approximate surface area is 144 Å². The van der Waals surface area contributed by atoms with E-state index in [0.717, 1.165) is 12.8 Å². The normalized spacial score (nSPS) is 18.0. The molecule has 0 aromatic rings. The lowest BCUT2D eigenvalue weighted by Gasteiger charge is -2.35. The molecule has 0 radical (unpaired) electrons. The Balaban J connectivity index is 2.52. The van der Waals surface area contributed by atoms with Crippen LogP contribution in [0.3, 0.4) is 0 Å². The molecular weight excluding hydrogens is 312 g/mol. The van der Waals surface area contributed by atoms with E-state index in [1.807, 2.05) is 20.8 Å². The number of carbonyl (C=O) groups is 3. The molecule has 1 heterocycles. The average molecular weight is 342 g/mol. The number of piperidine rings is 1. The Hall–Kier alpha value is -1.79. The Morgan fingerprint density at radius 3 is 2.50 bits per heavy atom. The van der Waals surface area contributed by atoms with Crippen LogP contribution in [0.5, 0.6) is 0 Å². The zero-order valence-corrected chi connectivity index (χ0v) is 15.5. The van der Waals surface area contributed by atoms with Gasteiger partial charge in [-0.15, -0.1) is 0 Å². The summed E-state index contributed by atoms with van der Waals surface area (Å²) < 4.78 is 10.2. The van der Waals surface area contributed by atoms with E-state index in [1.165, 1.54) is 0 Å². The molecule has 1 aliphatic heterocycles. The molecular formula is C17H30N2O5. The van der Waals surface area contributed by atoms with Crippen LogP contribution < -0.4 is 0 Å². The number of rotatable bonds is 5. The van der Waals surface area contributed by atoms with Crippen LogP contribution in [0.15, 0.2) is 0 Å². The zero-order valence-electron chi connectivity index (χ0n) is 15.5. The van der Waals surface area contributed by atoms with Crippen molar-refractivity contribution < 1.29 is 23.9 Å². The molecule has 0 N–H and O–H groups in total. The van der Waals surface area contributed by atoms with E-state index in [2.05, 4.69) is 0 Å². The predicted octanol–water partition coefficient (Wildman–Crippen LogP) is 2.05. The highest BCUT2D eigenvalue weighted by atomic mass is 16.6. The summed E-state index contributed by atoms with van der Waals surface area (Å²) in [5.74, 6) is -0.609. The van der Waals surface area contributed by atoms with Crippen LogP contribution in [0.2, 0.25) is 0 Å². The topological polar surface area (TPSA) is 76.2 Å². The van der Waals surface area contributed by atoms with Gasteiger partial charge in [0.05, 0.1) is 18.9 Å². The highest BCUT2D eigenvalue weighted by Gasteiger charge is 2.32. The first-order chi connectivity index (χ1) is 11.1. The van der Waals surface area contributed by atoms with Gasteiger partial charge in [-0.3, -0.25) is 9.59 Å². The van der Waals surface area contributed by atoms with Crippen molar-refractivity contribution in [1.82, 2.24) is 9.80 Å². The molecule has 0 aliphatic carbocycles. The molecule has 138 valence electrons. The summed E-state index contributed by atoms with van der Waals surface area (Å²) in [6.45, 7) is 8.83. The van der Waals surface area contributed by atoms with E-state index in [9.17, 15) is 14.4 Å². The van der Waals surface area contributed by atoms with Crippen LogP contribution in [0, 0.1) is 5.92 Å². The second-order valence-corrected chi connectivity index (χ2v) is 7.08. The minimum Gasteiger partial charge on any atom is -0.466 e. The van der Waals surface area contributed by atoms with Gasteiger partial charge in [-0.2, -0.15) is 0 Å². The lowest BCUT2D eigenvalue weighted by Crippen LogP contribution is -2.47. The molecule has 1 aliphatic rings. The second kappa shape index (κ2) is 8.89. The average Bonchev–Trinajstić information content (AvgIpc) is 2.50. The van der Waals surface area contributed by atoms with Crippen molar-refractivity contribution in [1.29, 1.82) is 0 Å². The van der Waals surface area contributed by atoms with Gasteiger partial charge in [0.1, 0.15) is 5.60 Å². The molecule has 2 amide bonds. The van der Waals surface area contributed by atoms with Gasteiger partial charge in [-0.1, -0.05) is 0 Å². The number of hydrogen-bond donors (Lipinski definition) is 0. The van der Waals surface area contributed by atoms with Crippen molar-refractivity contribution >= 4 is 18.0 Å². The van der Waals surface area contributed by atoms with Crippen LogP contribution in [0.1, 0.15) is 47.0 Å². The van der Waals surface area contributed by atoms with Crippen LogP contribution >= 0.6 is 0 Å². The van der Waals surface area contributed by atoms with Gasteiger partial charge >= 0.3 is 12.1 Å². The Morgan fingerprint density at radius 1 is 1.25 bits per heavy atom. The van der Waals surface area contributed by atoms with Crippen LogP contribution in [-0.4, -0.2) is 66.7 Å². The fourth-order valence-electron chi connectivity index (χ4n) is 2.59. The summed E-state index contributed by atoms with van der Waals surface area (Å²) in [7, 11) is 1.67. The van der Waals surface area contributed by atoms with E-state index in [4.69, 9.17) is 9.47 Å². The molecule has 0 bridgehead atoms. The van der Waals surface area contributed by atoms with Crippen molar-refractivity contribution in [2.45, 2.75) is 52.6 Å². The van der Waals surface area contributed by atoms with Crippen LogP contribution in [0.25, 0.3) is 0 Å². The van der Waals surface area contributed by atoms with E-state index in [0.29, 0.717) is 26.2 Å². The first-order valence-electron chi connectivity index (χ1n) is 8.52. The van der Waals surface area contributed by atoms with Gasteiger partial charge in [-0.25, -0.2) is 4.79 Å². The summed E-state index contributed by atoms with van der Waals surface area (Å²) >= 11 is 0. The Bertz CT molecular complexity index is 458. The van der Waals surface area contributed by atoms with E-state index in [1.54, 1.807) is 23.8 Å². The number of carbonyl (C=O) groups excluding carboxylic acids is 3. The fraction of sp³-hybridized carbons (Fsp3) is 0.824. The quantitative estimate of drug-likeness (QED) is 0.715. The summed E-state index contributed by atoms with van der Waals surface area (Å²) in [5.41, 5.74) is -0.551. The van der Waals surface area contributed by atoms with Gasteiger partial charge in [0.2, 0.25) is 5.91 Å². The summed E-state index contributed by atoms with van der Waals surface area (Å²) in [5, 5.41) is 0. The van der Waals surface area contributed by atoms with Gasteiger partial charge in [0.25, 0.3) is 0 Å². The number of nitrogens with zero attached hydrogens (tertiary/aromatic N) is 2. The highest BCUT2D eigenvalue weighted by molar-refractivity contribution is 5.80. The maximum atomic E-state index is 12.5. The lowest BCUT2D eigenvalue weighted by molar-refractivity contribution is -0.144. The van der Waals surface area contributed by atoms with E-state index in [-0.39, 0.29) is 30.3 Å². The molecule has 0 aromatic heterocycles. The minimum atomic E-state index is -0.551. The molecule has 1 fully saturated rings. The number of hydrogen-bond acceptors (Lipinski definition) is 5. The number of esters is 1. The number of likely N-dealkylation sites (tertiary alicyclic amines) is 1. The first-order valence-corrected chi connectivity index (χ1v) is 8.52. The SMILES string of the molecule is CCOC(=O)CCN(C)C(=O)C1CCCN(C(=O)OC(C)(C)C)C1. The number of ether oxygens (including phenoxy) is 2. The van der Waals surface area contributed by atoms with Gasteiger partial charge in [-0.05, 0) is 40.5 Å². The standard InChI is InChI=1S/C17H30N2O5/c1-6-23-14(20)9-11-18(5)15(21)13-8-7-10-19(12-13)16(22)24-17(2,3)4/h13H,6-12H2,1-5H3. The highest BCUT2D eigenvalue weighted by Crippen LogP contribution is 2.21. The van der Waals surface area contributed by atoms with Crippen molar-refractivity contribution in [3.05, 3.63) is 0 Å². The Morgan fingerprint density at radius 2 is 1.92 bits per heavy atom. The molecule has 1 atom stereocenters.